The van der Waals surface area contributed by atoms with Crippen molar-refractivity contribution in [2.24, 2.45) is 11.8 Å². The molecular formula is C16H22INO. The molecule has 0 spiro atoms. The van der Waals surface area contributed by atoms with Crippen LogP contribution in [-0.4, -0.2) is 5.91 Å². The van der Waals surface area contributed by atoms with Crippen LogP contribution >= 0.6 is 22.6 Å². The maximum Gasteiger partial charge on any atom is 0.227 e. The van der Waals surface area contributed by atoms with Crippen LogP contribution in [0.2, 0.25) is 0 Å². The van der Waals surface area contributed by atoms with Gasteiger partial charge in [0, 0.05) is 15.2 Å². The molecule has 1 amide bonds. The van der Waals surface area contributed by atoms with Crippen LogP contribution in [0.4, 0.5) is 5.69 Å². The second kappa shape index (κ2) is 7.27. The third kappa shape index (κ3) is 4.79. The number of anilines is 1. The average Bonchev–Trinajstić information content (AvgIpc) is 3.17. The minimum Gasteiger partial charge on any atom is -0.326 e. The van der Waals surface area contributed by atoms with E-state index in [1.807, 2.05) is 24.3 Å². The molecule has 0 saturated heterocycles. The van der Waals surface area contributed by atoms with Gasteiger partial charge in [0.25, 0.3) is 0 Å². The third-order valence-corrected chi connectivity index (χ3v) is 4.52. The van der Waals surface area contributed by atoms with Gasteiger partial charge < -0.3 is 5.32 Å². The van der Waals surface area contributed by atoms with E-state index in [0.717, 1.165) is 12.1 Å². The lowest BCUT2D eigenvalue weighted by atomic mass is 10.1. The van der Waals surface area contributed by atoms with Gasteiger partial charge in [-0.1, -0.05) is 32.6 Å². The lowest BCUT2D eigenvalue weighted by Gasteiger charge is -2.05. The Hall–Kier alpha value is -0.580. The normalized spacial score (nSPS) is 21.2. The minimum absolute atomic E-state index is 0.210. The van der Waals surface area contributed by atoms with Crippen molar-refractivity contribution in [3.05, 3.63) is 27.8 Å². The van der Waals surface area contributed by atoms with Crippen LogP contribution in [-0.2, 0) is 4.79 Å². The molecular weight excluding hydrogens is 349 g/mol. The maximum absolute atomic E-state index is 12.0. The summed E-state index contributed by atoms with van der Waals surface area (Å²) in [5, 5.41) is 3.02. The molecule has 0 aromatic heterocycles. The Kier molecular flexibility index (Phi) is 5.67. The van der Waals surface area contributed by atoms with Gasteiger partial charge in [0.1, 0.15) is 0 Å². The number of hydrogen-bond donors (Lipinski definition) is 1. The van der Waals surface area contributed by atoms with Gasteiger partial charge in [0.15, 0.2) is 0 Å². The van der Waals surface area contributed by atoms with Crippen LogP contribution < -0.4 is 5.32 Å². The van der Waals surface area contributed by atoms with Crippen LogP contribution in [0.1, 0.15) is 45.4 Å². The Bertz CT molecular complexity index is 415. The molecule has 2 atom stereocenters. The van der Waals surface area contributed by atoms with Gasteiger partial charge in [-0.3, -0.25) is 4.79 Å². The van der Waals surface area contributed by atoms with Crippen LogP contribution in [0, 0.1) is 15.4 Å². The molecule has 2 unspecified atom stereocenters. The number of nitrogens with one attached hydrogen (secondary N) is 1. The third-order valence-electron chi connectivity index (χ3n) is 3.80. The van der Waals surface area contributed by atoms with Crippen LogP contribution in [0.5, 0.6) is 0 Å². The Morgan fingerprint density at radius 3 is 2.68 bits per heavy atom. The quantitative estimate of drug-likeness (QED) is 0.540. The molecule has 3 heteroatoms. The van der Waals surface area contributed by atoms with E-state index in [9.17, 15) is 4.79 Å². The Morgan fingerprint density at radius 2 is 2.00 bits per heavy atom. The van der Waals surface area contributed by atoms with Crippen molar-refractivity contribution >= 4 is 34.2 Å². The Labute approximate surface area is 129 Å². The molecule has 2 nitrogen and oxygen atoms in total. The summed E-state index contributed by atoms with van der Waals surface area (Å²) in [5.41, 5.74) is 0.919. The highest BCUT2D eigenvalue weighted by Gasteiger charge is 2.41. The zero-order chi connectivity index (χ0) is 13.7. The van der Waals surface area contributed by atoms with Crippen molar-refractivity contribution in [1.82, 2.24) is 0 Å². The van der Waals surface area contributed by atoms with Crippen LogP contribution in [0.15, 0.2) is 24.3 Å². The number of halogens is 1. The fourth-order valence-corrected chi connectivity index (χ4v) is 2.85. The lowest BCUT2D eigenvalue weighted by Crippen LogP contribution is -2.14. The summed E-state index contributed by atoms with van der Waals surface area (Å²) in [5.74, 6) is 1.11. The smallest absolute Gasteiger partial charge is 0.227 e. The number of carbonyl (C=O) groups is 1. The maximum atomic E-state index is 12.0. The fourth-order valence-electron chi connectivity index (χ4n) is 2.49. The first-order valence-corrected chi connectivity index (χ1v) is 8.35. The standard InChI is InChI=1S/C16H22INO/c1-2-3-4-5-6-12-11-15(12)16(19)18-14-9-7-13(17)8-10-14/h7-10,12,15H,2-6,11H2,1H3,(H,18,19). The van der Waals surface area contributed by atoms with Gasteiger partial charge in [0.2, 0.25) is 5.91 Å². The Balaban J connectivity index is 1.69. The van der Waals surface area contributed by atoms with Gasteiger partial charge in [0.05, 0.1) is 0 Å². The number of carbonyl (C=O) groups excluding carboxylic acids is 1. The number of benzene rings is 1. The molecule has 0 heterocycles. The Morgan fingerprint density at radius 1 is 1.26 bits per heavy atom. The largest absolute Gasteiger partial charge is 0.326 e. The number of amides is 1. The topological polar surface area (TPSA) is 29.1 Å². The first kappa shape index (κ1) is 14.8. The molecule has 1 fully saturated rings. The van der Waals surface area contributed by atoms with Gasteiger partial charge in [-0.25, -0.2) is 0 Å². The molecule has 1 aromatic carbocycles. The molecule has 1 aliphatic carbocycles. The van der Waals surface area contributed by atoms with Crippen molar-refractivity contribution in [2.75, 3.05) is 5.32 Å². The summed E-state index contributed by atoms with van der Waals surface area (Å²) in [4.78, 5) is 12.0. The highest BCUT2D eigenvalue weighted by atomic mass is 127. The van der Waals surface area contributed by atoms with E-state index < -0.39 is 0 Å². The van der Waals surface area contributed by atoms with Crippen molar-refractivity contribution < 1.29 is 4.79 Å². The molecule has 2 rings (SSSR count). The molecule has 1 N–H and O–H groups in total. The first-order chi connectivity index (χ1) is 9.20. The zero-order valence-corrected chi connectivity index (χ0v) is 13.7. The van der Waals surface area contributed by atoms with Crippen molar-refractivity contribution in [3.63, 3.8) is 0 Å². The summed E-state index contributed by atoms with van der Waals surface area (Å²) in [6.07, 6.45) is 7.52. The molecule has 1 saturated carbocycles. The second-order valence-corrected chi connectivity index (χ2v) is 6.69. The molecule has 19 heavy (non-hydrogen) atoms. The van der Waals surface area contributed by atoms with Crippen molar-refractivity contribution in [1.29, 1.82) is 0 Å². The van der Waals surface area contributed by atoms with E-state index in [-0.39, 0.29) is 11.8 Å². The highest BCUT2D eigenvalue weighted by Crippen LogP contribution is 2.43. The molecule has 0 radical (unpaired) electrons. The van der Waals surface area contributed by atoms with Crippen molar-refractivity contribution in [2.45, 2.75) is 45.4 Å². The summed E-state index contributed by atoms with van der Waals surface area (Å²) in [7, 11) is 0. The predicted octanol–water partition coefficient (Wildman–Crippen LogP) is 4.84. The van der Waals surface area contributed by atoms with Crippen LogP contribution in [0.3, 0.4) is 0 Å². The number of rotatable bonds is 7. The summed E-state index contributed by atoms with van der Waals surface area (Å²) >= 11 is 2.27. The monoisotopic (exact) mass is 371 g/mol. The molecule has 0 bridgehead atoms. The van der Waals surface area contributed by atoms with E-state index in [2.05, 4.69) is 34.8 Å². The number of hydrogen-bond acceptors (Lipinski definition) is 1. The summed E-state index contributed by atoms with van der Waals surface area (Å²) < 4.78 is 1.19. The van der Waals surface area contributed by atoms with Gasteiger partial charge in [-0.05, 0) is 65.6 Å². The van der Waals surface area contributed by atoms with Gasteiger partial charge in [-0.2, -0.15) is 0 Å². The van der Waals surface area contributed by atoms with Crippen LogP contribution in [0.25, 0.3) is 0 Å². The highest BCUT2D eigenvalue weighted by molar-refractivity contribution is 14.1. The second-order valence-electron chi connectivity index (χ2n) is 5.45. The SMILES string of the molecule is CCCCCCC1CC1C(=O)Nc1ccc(I)cc1. The van der Waals surface area contributed by atoms with E-state index in [4.69, 9.17) is 0 Å². The number of unbranched alkanes of at least 4 members (excludes halogenated alkanes) is 3. The molecule has 0 aliphatic heterocycles. The van der Waals surface area contributed by atoms with Gasteiger partial charge >= 0.3 is 0 Å². The predicted molar refractivity (Wildman–Crippen MR) is 88.1 cm³/mol. The first-order valence-electron chi connectivity index (χ1n) is 7.27. The minimum atomic E-state index is 0.210. The fraction of sp³-hybridized carbons (Fsp3) is 0.562. The van der Waals surface area contributed by atoms with E-state index in [1.165, 1.54) is 35.7 Å². The molecule has 1 aliphatic rings. The molecule has 1 aromatic rings. The van der Waals surface area contributed by atoms with E-state index >= 15 is 0 Å². The van der Waals surface area contributed by atoms with E-state index in [0.29, 0.717) is 5.92 Å². The van der Waals surface area contributed by atoms with Crippen molar-refractivity contribution in [3.8, 4) is 0 Å². The van der Waals surface area contributed by atoms with Gasteiger partial charge in [-0.15, -0.1) is 0 Å². The lowest BCUT2D eigenvalue weighted by molar-refractivity contribution is -0.117. The van der Waals surface area contributed by atoms with E-state index in [1.54, 1.807) is 0 Å². The summed E-state index contributed by atoms with van der Waals surface area (Å²) in [6, 6.07) is 7.98. The average molecular weight is 371 g/mol. The summed E-state index contributed by atoms with van der Waals surface area (Å²) in [6.45, 7) is 2.23. The zero-order valence-electron chi connectivity index (χ0n) is 11.5. The molecule has 104 valence electrons.